The molecule has 2 rings (SSSR count). The minimum absolute atomic E-state index is 0.438. The summed E-state index contributed by atoms with van der Waals surface area (Å²) < 4.78 is 7.08. The third-order valence-corrected chi connectivity index (χ3v) is 3.96. The highest BCUT2D eigenvalue weighted by atomic mass is 79.9. The molecule has 1 N–H and O–H groups in total. The number of hydrogen-bond acceptors (Lipinski definition) is 2. The maximum atomic E-state index is 6.09. The number of para-hydroxylation sites is 1. The lowest BCUT2D eigenvalue weighted by Crippen LogP contribution is -2.11. The standard InChI is InChI=1S/C18H22BrNO/c1-4-20-12-14-9-10-18(16(19)11-14)21-17-8-6-5-7-15(17)13(2)3/h5-11,13,20H,4,12H2,1-3H3. The maximum Gasteiger partial charge on any atom is 0.141 e. The van der Waals surface area contributed by atoms with Gasteiger partial charge in [0.1, 0.15) is 11.5 Å². The van der Waals surface area contributed by atoms with Crippen LogP contribution < -0.4 is 10.1 Å². The zero-order chi connectivity index (χ0) is 15.2. The van der Waals surface area contributed by atoms with Gasteiger partial charge in [-0.05, 0) is 57.7 Å². The van der Waals surface area contributed by atoms with Crippen LogP contribution in [0.4, 0.5) is 0 Å². The highest BCUT2D eigenvalue weighted by molar-refractivity contribution is 9.10. The van der Waals surface area contributed by atoms with E-state index in [2.05, 4.69) is 66.3 Å². The lowest BCUT2D eigenvalue weighted by molar-refractivity contribution is 0.470. The Labute approximate surface area is 135 Å². The van der Waals surface area contributed by atoms with Crippen molar-refractivity contribution in [1.29, 1.82) is 0 Å². The van der Waals surface area contributed by atoms with Crippen molar-refractivity contribution in [3.8, 4) is 11.5 Å². The van der Waals surface area contributed by atoms with Crippen molar-refractivity contribution in [1.82, 2.24) is 5.32 Å². The minimum Gasteiger partial charge on any atom is -0.456 e. The summed E-state index contributed by atoms with van der Waals surface area (Å²) in [7, 11) is 0. The van der Waals surface area contributed by atoms with Gasteiger partial charge in [0.2, 0.25) is 0 Å². The monoisotopic (exact) mass is 347 g/mol. The van der Waals surface area contributed by atoms with E-state index in [-0.39, 0.29) is 0 Å². The van der Waals surface area contributed by atoms with E-state index in [1.165, 1.54) is 11.1 Å². The van der Waals surface area contributed by atoms with Crippen LogP contribution in [-0.4, -0.2) is 6.54 Å². The van der Waals surface area contributed by atoms with Crippen LogP contribution >= 0.6 is 15.9 Å². The molecule has 0 aliphatic heterocycles. The first-order chi connectivity index (χ1) is 10.1. The zero-order valence-electron chi connectivity index (χ0n) is 12.8. The molecule has 0 spiro atoms. The molecule has 0 aliphatic carbocycles. The summed E-state index contributed by atoms with van der Waals surface area (Å²) >= 11 is 3.61. The number of rotatable bonds is 6. The molecule has 0 saturated heterocycles. The Balaban J connectivity index is 2.20. The number of hydrogen-bond donors (Lipinski definition) is 1. The normalized spacial score (nSPS) is 10.9. The molecule has 3 heteroatoms. The average molecular weight is 348 g/mol. The van der Waals surface area contributed by atoms with Crippen LogP contribution in [0.25, 0.3) is 0 Å². The van der Waals surface area contributed by atoms with Crippen molar-refractivity contribution in [3.63, 3.8) is 0 Å². The van der Waals surface area contributed by atoms with E-state index >= 15 is 0 Å². The Kier molecular flexibility index (Phi) is 5.83. The van der Waals surface area contributed by atoms with Gasteiger partial charge >= 0.3 is 0 Å². The van der Waals surface area contributed by atoms with Crippen LogP contribution in [0.1, 0.15) is 37.8 Å². The third kappa shape index (κ3) is 4.32. The Morgan fingerprint density at radius 2 is 1.86 bits per heavy atom. The lowest BCUT2D eigenvalue weighted by atomic mass is 10.0. The first kappa shape index (κ1) is 16.1. The van der Waals surface area contributed by atoms with Crippen molar-refractivity contribution >= 4 is 15.9 Å². The Morgan fingerprint density at radius 1 is 1.10 bits per heavy atom. The van der Waals surface area contributed by atoms with Crippen molar-refractivity contribution in [2.75, 3.05) is 6.54 Å². The van der Waals surface area contributed by atoms with Gasteiger partial charge in [-0.25, -0.2) is 0 Å². The van der Waals surface area contributed by atoms with E-state index in [1.807, 2.05) is 18.2 Å². The predicted molar refractivity (Wildman–Crippen MR) is 92.1 cm³/mol. The van der Waals surface area contributed by atoms with Gasteiger partial charge in [-0.1, -0.05) is 45.0 Å². The summed E-state index contributed by atoms with van der Waals surface area (Å²) in [6.07, 6.45) is 0. The molecule has 0 aromatic heterocycles. The first-order valence-electron chi connectivity index (χ1n) is 7.37. The summed E-state index contributed by atoms with van der Waals surface area (Å²) in [5.41, 5.74) is 2.47. The van der Waals surface area contributed by atoms with Crippen molar-refractivity contribution < 1.29 is 4.74 Å². The van der Waals surface area contributed by atoms with E-state index in [1.54, 1.807) is 0 Å². The Hall–Kier alpha value is -1.32. The third-order valence-electron chi connectivity index (χ3n) is 3.34. The fourth-order valence-electron chi connectivity index (χ4n) is 2.18. The number of halogens is 1. The quantitative estimate of drug-likeness (QED) is 0.747. The topological polar surface area (TPSA) is 21.3 Å². The SMILES string of the molecule is CCNCc1ccc(Oc2ccccc2C(C)C)c(Br)c1. The first-order valence-corrected chi connectivity index (χ1v) is 8.17. The summed E-state index contributed by atoms with van der Waals surface area (Å²) in [5, 5.41) is 3.32. The van der Waals surface area contributed by atoms with E-state index < -0.39 is 0 Å². The average Bonchev–Trinajstić information content (AvgIpc) is 2.48. The number of nitrogens with one attached hydrogen (secondary N) is 1. The van der Waals surface area contributed by atoms with Crippen LogP contribution in [0.5, 0.6) is 11.5 Å². The molecule has 112 valence electrons. The minimum atomic E-state index is 0.438. The summed E-state index contributed by atoms with van der Waals surface area (Å²) in [6.45, 7) is 8.30. The highest BCUT2D eigenvalue weighted by Gasteiger charge is 2.10. The number of ether oxygens (including phenoxy) is 1. The van der Waals surface area contributed by atoms with E-state index in [9.17, 15) is 0 Å². The summed E-state index contributed by atoms with van der Waals surface area (Å²) in [4.78, 5) is 0. The molecule has 2 nitrogen and oxygen atoms in total. The van der Waals surface area contributed by atoms with Gasteiger partial charge in [-0.3, -0.25) is 0 Å². The molecule has 0 amide bonds. The van der Waals surface area contributed by atoms with Gasteiger partial charge in [0.25, 0.3) is 0 Å². The molecule has 0 radical (unpaired) electrons. The fraction of sp³-hybridized carbons (Fsp3) is 0.333. The second kappa shape index (κ2) is 7.62. The Morgan fingerprint density at radius 3 is 2.52 bits per heavy atom. The fourth-order valence-corrected chi connectivity index (χ4v) is 2.68. The molecule has 2 aromatic rings. The molecule has 0 fully saturated rings. The molecular formula is C18H22BrNO. The van der Waals surface area contributed by atoms with Gasteiger partial charge < -0.3 is 10.1 Å². The highest BCUT2D eigenvalue weighted by Crippen LogP contribution is 2.34. The van der Waals surface area contributed by atoms with E-state index in [4.69, 9.17) is 4.74 Å². The largest absolute Gasteiger partial charge is 0.456 e. The maximum absolute atomic E-state index is 6.09. The summed E-state index contributed by atoms with van der Waals surface area (Å²) in [6, 6.07) is 14.4. The zero-order valence-corrected chi connectivity index (χ0v) is 14.4. The summed E-state index contributed by atoms with van der Waals surface area (Å²) in [5.74, 6) is 2.21. The van der Waals surface area contributed by atoms with Gasteiger partial charge in [0.05, 0.1) is 4.47 Å². The predicted octanol–water partition coefficient (Wildman–Crippen LogP) is 5.47. The van der Waals surface area contributed by atoms with Gasteiger partial charge in [0.15, 0.2) is 0 Å². The van der Waals surface area contributed by atoms with Crippen LogP contribution in [0, 0.1) is 0 Å². The van der Waals surface area contributed by atoms with Crippen molar-refractivity contribution in [2.45, 2.75) is 33.2 Å². The van der Waals surface area contributed by atoms with Gasteiger partial charge in [0, 0.05) is 6.54 Å². The van der Waals surface area contributed by atoms with Crippen LogP contribution in [0.3, 0.4) is 0 Å². The molecule has 0 bridgehead atoms. The van der Waals surface area contributed by atoms with Crippen LogP contribution in [0.15, 0.2) is 46.9 Å². The molecule has 0 saturated carbocycles. The smallest absolute Gasteiger partial charge is 0.141 e. The van der Waals surface area contributed by atoms with E-state index in [0.29, 0.717) is 5.92 Å². The van der Waals surface area contributed by atoms with Crippen LogP contribution in [-0.2, 0) is 6.54 Å². The lowest BCUT2D eigenvalue weighted by Gasteiger charge is -2.15. The molecule has 0 heterocycles. The van der Waals surface area contributed by atoms with Crippen molar-refractivity contribution in [3.05, 3.63) is 58.1 Å². The second-order valence-electron chi connectivity index (χ2n) is 5.34. The van der Waals surface area contributed by atoms with E-state index in [0.717, 1.165) is 29.1 Å². The molecule has 21 heavy (non-hydrogen) atoms. The molecule has 0 atom stereocenters. The van der Waals surface area contributed by atoms with Gasteiger partial charge in [-0.2, -0.15) is 0 Å². The second-order valence-corrected chi connectivity index (χ2v) is 6.19. The molecule has 0 aliphatic rings. The molecule has 0 unspecified atom stereocenters. The Bertz CT molecular complexity index is 596. The van der Waals surface area contributed by atoms with Gasteiger partial charge in [-0.15, -0.1) is 0 Å². The molecular weight excluding hydrogens is 326 g/mol. The number of benzene rings is 2. The van der Waals surface area contributed by atoms with Crippen LogP contribution in [0.2, 0.25) is 0 Å². The van der Waals surface area contributed by atoms with Crippen molar-refractivity contribution in [2.24, 2.45) is 0 Å². The molecule has 2 aromatic carbocycles.